The zero-order valence-electron chi connectivity index (χ0n) is 11.6. The molecule has 0 radical (unpaired) electrons. The van der Waals surface area contributed by atoms with Crippen molar-refractivity contribution in [3.05, 3.63) is 23.5 Å². The van der Waals surface area contributed by atoms with E-state index in [0.29, 0.717) is 6.54 Å². The van der Waals surface area contributed by atoms with Crippen molar-refractivity contribution in [3.63, 3.8) is 0 Å². The monoisotopic (exact) mass is 288 g/mol. The topological polar surface area (TPSA) is 63.4 Å². The van der Waals surface area contributed by atoms with Crippen molar-refractivity contribution in [2.45, 2.75) is 38.0 Å². The van der Waals surface area contributed by atoms with Crippen LogP contribution in [-0.4, -0.2) is 26.3 Å². The molecule has 0 aliphatic heterocycles. The van der Waals surface area contributed by atoms with Gasteiger partial charge in [0.25, 0.3) is 0 Å². The number of hydrogen-bond acceptors (Lipinski definition) is 3. The van der Waals surface area contributed by atoms with Crippen molar-refractivity contribution >= 4 is 15.7 Å². The van der Waals surface area contributed by atoms with Crippen LogP contribution >= 0.6 is 0 Å². The first-order valence-corrected chi connectivity index (χ1v) is 7.76. The molecule has 0 saturated heterocycles. The van der Waals surface area contributed by atoms with Gasteiger partial charge in [0.05, 0.1) is 4.90 Å². The summed E-state index contributed by atoms with van der Waals surface area (Å²) in [5, 5.41) is 0. The van der Waals surface area contributed by atoms with Gasteiger partial charge >= 0.3 is 0 Å². The fourth-order valence-electron chi connectivity index (χ4n) is 1.71. The molecule has 0 spiro atoms. The van der Waals surface area contributed by atoms with Crippen molar-refractivity contribution in [2.75, 3.05) is 19.3 Å². The molecule has 2 N–H and O–H groups in total. The molecular formula is C13H21FN2O2S. The highest BCUT2D eigenvalue weighted by molar-refractivity contribution is 7.89. The second-order valence-corrected chi connectivity index (χ2v) is 6.70. The maximum absolute atomic E-state index is 13.6. The highest BCUT2D eigenvalue weighted by Gasteiger charge is 2.22. The van der Waals surface area contributed by atoms with Crippen LogP contribution < -0.4 is 5.73 Å². The molecule has 108 valence electrons. The average Bonchev–Trinajstić information content (AvgIpc) is 2.35. The van der Waals surface area contributed by atoms with E-state index in [2.05, 4.69) is 0 Å². The number of nitrogens with two attached hydrogens (primary N) is 1. The van der Waals surface area contributed by atoms with E-state index in [4.69, 9.17) is 5.73 Å². The SMILES string of the molecule is CCCCCN(C)S(=O)(=O)c1cc(N)c(C)c(F)c1. The van der Waals surface area contributed by atoms with Crippen LogP contribution in [0.3, 0.4) is 0 Å². The Hall–Kier alpha value is -1.14. The highest BCUT2D eigenvalue weighted by atomic mass is 32.2. The van der Waals surface area contributed by atoms with Gasteiger partial charge in [-0.25, -0.2) is 17.1 Å². The molecule has 1 aromatic rings. The summed E-state index contributed by atoms with van der Waals surface area (Å²) in [4.78, 5) is -0.0906. The Balaban J connectivity index is 3.00. The van der Waals surface area contributed by atoms with Crippen LogP contribution in [0, 0.1) is 12.7 Å². The number of sulfonamides is 1. The molecule has 4 nitrogen and oxygen atoms in total. The summed E-state index contributed by atoms with van der Waals surface area (Å²) in [6.07, 6.45) is 2.76. The quantitative estimate of drug-likeness (QED) is 0.646. The number of hydrogen-bond donors (Lipinski definition) is 1. The van der Waals surface area contributed by atoms with Gasteiger partial charge in [-0.2, -0.15) is 0 Å². The molecule has 0 heterocycles. The number of anilines is 1. The predicted molar refractivity (Wildman–Crippen MR) is 74.9 cm³/mol. The zero-order chi connectivity index (χ0) is 14.6. The smallest absolute Gasteiger partial charge is 0.242 e. The number of halogens is 1. The van der Waals surface area contributed by atoms with Gasteiger partial charge in [-0.1, -0.05) is 19.8 Å². The van der Waals surface area contributed by atoms with Crippen LogP contribution in [0.15, 0.2) is 17.0 Å². The van der Waals surface area contributed by atoms with Crippen LogP contribution in [0.5, 0.6) is 0 Å². The lowest BCUT2D eigenvalue weighted by molar-refractivity contribution is 0.453. The average molecular weight is 288 g/mol. The summed E-state index contributed by atoms with van der Waals surface area (Å²) < 4.78 is 39.3. The minimum Gasteiger partial charge on any atom is -0.398 e. The Kier molecular flexibility index (Phi) is 5.31. The molecule has 1 aromatic carbocycles. The summed E-state index contributed by atoms with van der Waals surface area (Å²) in [7, 11) is -2.17. The fraction of sp³-hybridized carbons (Fsp3) is 0.538. The molecule has 0 aliphatic rings. The first kappa shape index (κ1) is 15.9. The van der Waals surface area contributed by atoms with Crippen molar-refractivity contribution in [1.29, 1.82) is 0 Å². The van der Waals surface area contributed by atoms with E-state index < -0.39 is 15.8 Å². The second-order valence-electron chi connectivity index (χ2n) is 4.65. The van der Waals surface area contributed by atoms with Crippen molar-refractivity contribution in [1.82, 2.24) is 4.31 Å². The zero-order valence-corrected chi connectivity index (χ0v) is 12.4. The summed E-state index contributed by atoms with van der Waals surface area (Å²) in [5.41, 5.74) is 6.04. The molecule has 0 fully saturated rings. The third kappa shape index (κ3) is 3.67. The molecule has 0 aliphatic carbocycles. The molecule has 0 aromatic heterocycles. The van der Waals surface area contributed by atoms with Gasteiger partial charge in [0.2, 0.25) is 10.0 Å². The molecule has 0 amide bonds. The first-order chi connectivity index (χ1) is 8.80. The first-order valence-electron chi connectivity index (χ1n) is 6.32. The minimum absolute atomic E-state index is 0.0906. The lowest BCUT2D eigenvalue weighted by atomic mass is 10.2. The molecule has 0 bridgehead atoms. The van der Waals surface area contributed by atoms with Crippen molar-refractivity contribution < 1.29 is 12.8 Å². The molecule has 0 unspecified atom stereocenters. The van der Waals surface area contributed by atoms with E-state index in [-0.39, 0.29) is 16.1 Å². The van der Waals surface area contributed by atoms with Gasteiger partial charge in [0.15, 0.2) is 0 Å². The standard InChI is InChI=1S/C13H21FN2O2S/c1-4-5-6-7-16(3)19(17,18)11-8-12(14)10(2)13(15)9-11/h8-9H,4-7,15H2,1-3H3. The lowest BCUT2D eigenvalue weighted by Gasteiger charge is -2.17. The Bertz CT molecular complexity index is 521. The number of nitrogen functional groups attached to an aromatic ring is 1. The Labute approximate surface area is 114 Å². The molecule has 19 heavy (non-hydrogen) atoms. The fourth-order valence-corrected chi connectivity index (χ4v) is 2.97. The molecule has 6 heteroatoms. The van der Waals surface area contributed by atoms with Gasteiger partial charge in [-0.05, 0) is 25.5 Å². The van der Waals surface area contributed by atoms with Crippen molar-refractivity contribution in [2.24, 2.45) is 0 Å². The summed E-state index contributed by atoms with van der Waals surface area (Å²) in [6.45, 7) is 3.99. The number of rotatable bonds is 6. The van der Waals surface area contributed by atoms with Gasteiger partial charge in [0.1, 0.15) is 5.82 Å². The maximum atomic E-state index is 13.6. The Morgan fingerprint density at radius 1 is 1.32 bits per heavy atom. The van der Waals surface area contributed by atoms with E-state index in [1.54, 1.807) is 0 Å². The number of unbranched alkanes of at least 4 members (excludes halogenated alkanes) is 2. The van der Waals surface area contributed by atoms with Crippen LogP contribution in [0.2, 0.25) is 0 Å². The lowest BCUT2D eigenvalue weighted by Crippen LogP contribution is -2.28. The number of benzene rings is 1. The van der Waals surface area contributed by atoms with Gasteiger partial charge in [-0.3, -0.25) is 0 Å². The van der Waals surface area contributed by atoms with Gasteiger partial charge < -0.3 is 5.73 Å². The Morgan fingerprint density at radius 3 is 2.47 bits per heavy atom. The van der Waals surface area contributed by atoms with Crippen LogP contribution in [0.4, 0.5) is 10.1 Å². The summed E-state index contributed by atoms with van der Waals surface area (Å²) in [6, 6.07) is 2.33. The van der Waals surface area contributed by atoms with E-state index in [1.807, 2.05) is 6.92 Å². The predicted octanol–water partition coefficient (Wildman–Crippen LogP) is 2.53. The third-order valence-electron chi connectivity index (χ3n) is 3.14. The van der Waals surface area contributed by atoms with Crippen LogP contribution in [0.25, 0.3) is 0 Å². The molecule has 0 atom stereocenters. The normalized spacial score (nSPS) is 12.1. The largest absolute Gasteiger partial charge is 0.398 e. The number of nitrogens with zero attached hydrogens (tertiary/aromatic N) is 1. The second kappa shape index (κ2) is 6.34. The molecule has 0 saturated carbocycles. The van der Waals surface area contributed by atoms with Crippen molar-refractivity contribution in [3.8, 4) is 0 Å². The van der Waals surface area contributed by atoms with Crippen LogP contribution in [0.1, 0.15) is 31.7 Å². The Morgan fingerprint density at radius 2 is 1.95 bits per heavy atom. The highest BCUT2D eigenvalue weighted by Crippen LogP contribution is 2.23. The molecular weight excluding hydrogens is 267 g/mol. The van der Waals surface area contributed by atoms with E-state index in [1.165, 1.54) is 24.3 Å². The van der Waals surface area contributed by atoms with E-state index in [0.717, 1.165) is 25.3 Å². The summed E-state index contributed by atoms with van der Waals surface area (Å²) >= 11 is 0. The van der Waals surface area contributed by atoms with E-state index in [9.17, 15) is 12.8 Å². The third-order valence-corrected chi connectivity index (χ3v) is 4.98. The van der Waals surface area contributed by atoms with E-state index >= 15 is 0 Å². The van der Waals surface area contributed by atoms with Crippen LogP contribution in [-0.2, 0) is 10.0 Å². The minimum atomic E-state index is -3.67. The van der Waals surface area contributed by atoms with Gasteiger partial charge in [0, 0.05) is 24.8 Å². The van der Waals surface area contributed by atoms with Gasteiger partial charge in [-0.15, -0.1) is 0 Å². The maximum Gasteiger partial charge on any atom is 0.242 e. The molecule has 1 rings (SSSR count). The summed E-state index contributed by atoms with van der Waals surface area (Å²) in [5.74, 6) is -0.597.